The molecule has 0 saturated carbocycles. The summed E-state index contributed by atoms with van der Waals surface area (Å²) in [7, 11) is 0. The van der Waals surface area contributed by atoms with Crippen LogP contribution in [0.25, 0.3) is 0 Å². The molecule has 2 aromatic carbocycles. The van der Waals surface area contributed by atoms with E-state index < -0.39 is 0 Å². The van der Waals surface area contributed by atoms with Gasteiger partial charge in [0.15, 0.2) is 0 Å². The minimum atomic E-state index is -0.113. The first-order valence-corrected chi connectivity index (χ1v) is 9.80. The lowest BCUT2D eigenvalue weighted by molar-refractivity contribution is -0.114. The number of anilines is 2. The molecule has 1 saturated heterocycles. The predicted octanol–water partition coefficient (Wildman–Crippen LogP) is 3.43. The van der Waals surface area contributed by atoms with E-state index in [4.69, 9.17) is 0 Å². The zero-order valence-corrected chi connectivity index (χ0v) is 16.4. The SMILES string of the molecule is CC(=O)Nc1ccc(NC(=O)N2CCN(CCCc3ccccc3)CC2)cc1. The molecule has 3 amide bonds. The number of carbonyl (C=O) groups excluding carboxylic acids is 2. The number of rotatable bonds is 6. The molecule has 1 aliphatic heterocycles. The van der Waals surface area contributed by atoms with Crippen molar-refractivity contribution >= 4 is 23.3 Å². The van der Waals surface area contributed by atoms with Crippen molar-refractivity contribution in [3.63, 3.8) is 0 Å². The second-order valence-electron chi connectivity index (χ2n) is 7.11. The van der Waals surface area contributed by atoms with Crippen LogP contribution in [0.1, 0.15) is 18.9 Å². The molecule has 0 atom stereocenters. The van der Waals surface area contributed by atoms with Gasteiger partial charge in [0.1, 0.15) is 0 Å². The topological polar surface area (TPSA) is 64.7 Å². The maximum absolute atomic E-state index is 12.5. The van der Waals surface area contributed by atoms with Gasteiger partial charge >= 0.3 is 6.03 Å². The van der Waals surface area contributed by atoms with Crippen LogP contribution in [0.4, 0.5) is 16.2 Å². The molecule has 6 heteroatoms. The summed E-state index contributed by atoms with van der Waals surface area (Å²) in [6.07, 6.45) is 2.23. The van der Waals surface area contributed by atoms with E-state index in [-0.39, 0.29) is 11.9 Å². The quantitative estimate of drug-likeness (QED) is 0.807. The predicted molar refractivity (Wildman–Crippen MR) is 113 cm³/mol. The van der Waals surface area contributed by atoms with Crippen molar-refractivity contribution in [1.29, 1.82) is 0 Å². The minimum absolute atomic E-state index is 0.0730. The zero-order valence-electron chi connectivity index (χ0n) is 16.4. The molecular formula is C22H28N4O2. The van der Waals surface area contributed by atoms with Crippen LogP contribution in [0, 0.1) is 0 Å². The van der Waals surface area contributed by atoms with Gasteiger partial charge in [-0.25, -0.2) is 4.79 Å². The summed E-state index contributed by atoms with van der Waals surface area (Å²) in [4.78, 5) is 27.8. The molecule has 1 heterocycles. The van der Waals surface area contributed by atoms with Gasteiger partial charge in [-0.2, -0.15) is 0 Å². The molecule has 3 rings (SSSR count). The molecule has 2 N–H and O–H groups in total. The maximum Gasteiger partial charge on any atom is 0.321 e. The molecule has 0 aromatic heterocycles. The smallest absolute Gasteiger partial charge is 0.321 e. The van der Waals surface area contributed by atoms with E-state index in [2.05, 4.69) is 39.8 Å². The Kier molecular flexibility index (Phi) is 7.03. The summed E-state index contributed by atoms with van der Waals surface area (Å²) in [6, 6.07) is 17.6. The van der Waals surface area contributed by atoms with Crippen LogP contribution in [0.3, 0.4) is 0 Å². The number of benzene rings is 2. The zero-order chi connectivity index (χ0) is 19.8. The van der Waals surface area contributed by atoms with Crippen molar-refractivity contribution in [1.82, 2.24) is 9.80 Å². The molecule has 2 aromatic rings. The first-order valence-electron chi connectivity index (χ1n) is 9.80. The molecule has 28 heavy (non-hydrogen) atoms. The van der Waals surface area contributed by atoms with Crippen LogP contribution in [0.2, 0.25) is 0 Å². The van der Waals surface area contributed by atoms with Gasteiger partial charge < -0.3 is 15.5 Å². The molecule has 1 fully saturated rings. The Hall–Kier alpha value is -2.86. The number of hydrogen-bond donors (Lipinski definition) is 2. The number of hydrogen-bond acceptors (Lipinski definition) is 3. The van der Waals surface area contributed by atoms with E-state index in [0.717, 1.165) is 56.9 Å². The molecule has 6 nitrogen and oxygen atoms in total. The summed E-state index contributed by atoms with van der Waals surface area (Å²) >= 11 is 0. The lowest BCUT2D eigenvalue weighted by atomic mass is 10.1. The van der Waals surface area contributed by atoms with Crippen molar-refractivity contribution in [2.45, 2.75) is 19.8 Å². The van der Waals surface area contributed by atoms with Crippen LogP contribution < -0.4 is 10.6 Å². The summed E-state index contributed by atoms with van der Waals surface area (Å²) in [5, 5.41) is 5.64. The standard InChI is InChI=1S/C22H28N4O2/c1-18(27)23-20-9-11-21(12-10-20)24-22(28)26-16-14-25(15-17-26)13-5-8-19-6-3-2-4-7-19/h2-4,6-7,9-12H,5,8,13-17H2,1H3,(H,23,27)(H,24,28). The van der Waals surface area contributed by atoms with E-state index in [1.165, 1.54) is 12.5 Å². The Morgan fingerprint density at radius 3 is 2.07 bits per heavy atom. The van der Waals surface area contributed by atoms with E-state index >= 15 is 0 Å². The molecule has 0 radical (unpaired) electrons. The van der Waals surface area contributed by atoms with Crippen molar-refractivity contribution in [2.75, 3.05) is 43.4 Å². The van der Waals surface area contributed by atoms with Gasteiger partial charge in [-0.1, -0.05) is 30.3 Å². The summed E-state index contributed by atoms with van der Waals surface area (Å²) in [6.45, 7) is 5.82. The molecular weight excluding hydrogens is 352 g/mol. The van der Waals surface area contributed by atoms with E-state index in [1.54, 1.807) is 24.3 Å². The lowest BCUT2D eigenvalue weighted by Gasteiger charge is -2.34. The normalized spacial score (nSPS) is 14.5. The van der Waals surface area contributed by atoms with Crippen molar-refractivity contribution in [3.8, 4) is 0 Å². The summed E-state index contributed by atoms with van der Waals surface area (Å²) in [5.74, 6) is -0.113. The molecule has 0 bridgehead atoms. The molecule has 0 unspecified atom stereocenters. The van der Waals surface area contributed by atoms with Gasteiger partial charge in [0.2, 0.25) is 5.91 Å². The highest BCUT2D eigenvalue weighted by Gasteiger charge is 2.20. The average Bonchev–Trinajstić information content (AvgIpc) is 2.70. The van der Waals surface area contributed by atoms with Crippen molar-refractivity contribution < 1.29 is 9.59 Å². The van der Waals surface area contributed by atoms with Gasteiger partial charge in [-0.05, 0) is 49.2 Å². The Morgan fingerprint density at radius 1 is 0.857 bits per heavy atom. The third kappa shape index (κ3) is 6.09. The third-order valence-corrected chi connectivity index (χ3v) is 4.90. The van der Waals surface area contributed by atoms with Crippen LogP contribution >= 0.6 is 0 Å². The summed E-state index contributed by atoms with van der Waals surface area (Å²) in [5.41, 5.74) is 2.82. The van der Waals surface area contributed by atoms with Crippen molar-refractivity contribution in [3.05, 3.63) is 60.2 Å². The van der Waals surface area contributed by atoms with E-state index in [9.17, 15) is 9.59 Å². The first kappa shape index (κ1) is 19.9. The first-order chi connectivity index (χ1) is 13.6. The monoisotopic (exact) mass is 380 g/mol. The minimum Gasteiger partial charge on any atom is -0.326 e. The number of nitrogens with zero attached hydrogens (tertiary/aromatic N) is 2. The van der Waals surface area contributed by atoms with E-state index in [0.29, 0.717) is 0 Å². The lowest BCUT2D eigenvalue weighted by Crippen LogP contribution is -2.50. The van der Waals surface area contributed by atoms with Crippen molar-refractivity contribution in [2.24, 2.45) is 0 Å². The Balaban J connectivity index is 1.38. The number of nitrogens with one attached hydrogen (secondary N) is 2. The average molecular weight is 380 g/mol. The van der Waals surface area contributed by atoms with Crippen LogP contribution in [-0.2, 0) is 11.2 Å². The van der Waals surface area contributed by atoms with Gasteiger partial charge in [0.25, 0.3) is 0 Å². The van der Waals surface area contributed by atoms with Crippen LogP contribution in [0.15, 0.2) is 54.6 Å². The van der Waals surface area contributed by atoms with Gasteiger partial charge in [0.05, 0.1) is 0 Å². The second kappa shape index (κ2) is 9.90. The second-order valence-corrected chi connectivity index (χ2v) is 7.11. The number of urea groups is 1. The Bertz CT molecular complexity index is 769. The maximum atomic E-state index is 12.5. The highest BCUT2D eigenvalue weighted by Crippen LogP contribution is 2.15. The Morgan fingerprint density at radius 2 is 1.46 bits per heavy atom. The molecule has 0 aliphatic carbocycles. The summed E-state index contributed by atoms with van der Waals surface area (Å²) < 4.78 is 0. The fourth-order valence-electron chi connectivity index (χ4n) is 3.37. The van der Waals surface area contributed by atoms with Crippen LogP contribution in [0.5, 0.6) is 0 Å². The molecule has 0 spiro atoms. The fourth-order valence-corrected chi connectivity index (χ4v) is 3.37. The van der Waals surface area contributed by atoms with Gasteiger partial charge in [-0.15, -0.1) is 0 Å². The number of piperazine rings is 1. The van der Waals surface area contributed by atoms with E-state index in [1.807, 2.05) is 11.0 Å². The van der Waals surface area contributed by atoms with Gasteiger partial charge in [-0.3, -0.25) is 9.69 Å². The number of aryl methyl sites for hydroxylation is 1. The molecule has 1 aliphatic rings. The highest BCUT2D eigenvalue weighted by molar-refractivity contribution is 5.91. The molecule has 148 valence electrons. The Labute approximate surface area is 166 Å². The third-order valence-electron chi connectivity index (χ3n) is 4.90. The largest absolute Gasteiger partial charge is 0.326 e. The van der Waals surface area contributed by atoms with Gasteiger partial charge in [0, 0.05) is 44.5 Å². The fraction of sp³-hybridized carbons (Fsp3) is 0.364. The number of carbonyl (C=O) groups is 2. The number of amides is 3. The highest BCUT2D eigenvalue weighted by atomic mass is 16.2. The van der Waals surface area contributed by atoms with Crippen LogP contribution in [-0.4, -0.2) is 54.5 Å².